The van der Waals surface area contributed by atoms with E-state index in [1.54, 1.807) is 6.92 Å². The van der Waals surface area contributed by atoms with Crippen molar-refractivity contribution in [3.63, 3.8) is 0 Å². The van der Waals surface area contributed by atoms with Crippen LogP contribution in [0.4, 0.5) is 0 Å². The quantitative estimate of drug-likeness (QED) is 0.0860. The molecule has 13 unspecified atom stereocenters. The number of amides is 1. The molecule has 0 spiro atoms. The molecule has 252 valence electrons. The smallest absolute Gasteiger partial charge is 0.335 e. The molecule has 0 aromatic heterocycles. The summed E-state index contributed by atoms with van der Waals surface area (Å²) in [6, 6.07) is -1.28. The van der Waals surface area contributed by atoms with Gasteiger partial charge in [0, 0.05) is 38.1 Å². The first-order valence-corrected chi connectivity index (χ1v) is 14.5. The molecule has 4 fully saturated rings. The Morgan fingerprint density at radius 3 is 1.88 bits per heavy atom. The van der Waals surface area contributed by atoms with Gasteiger partial charge in [0.25, 0.3) is 0 Å². The van der Waals surface area contributed by atoms with E-state index in [0.29, 0.717) is 0 Å². The zero-order chi connectivity index (χ0) is 32.9. The number of carbonyl (C=O) groups is 3. The molecule has 2 aliphatic heterocycles. The highest BCUT2D eigenvalue weighted by molar-refractivity contribution is 7.16. The van der Waals surface area contributed by atoms with E-state index in [1.165, 1.54) is 26.2 Å². The Morgan fingerprint density at radius 1 is 0.953 bits per heavy atom. The minimum atomic E-state index is -1.41. The van der Waals surface area contributed by atoms with Crippen molar-refractivity contribution in [2.24, 2.45) is 23.3 Å². The van der Waals surface area contributed by atoms with Crippen LogP contribution < -0.4 is 11.5 Å². The average Bonchev–Trinajstić information content (AvgIpc) is 3.85. The molecule has 11 N–H and O–H groups in total. The van der Waals surface area contributed by atoms with Crippen molar-refractivity contribution in [2.45, 2.75) is 107 Å². The highest BCUT2D eigenvalue weighted by atomic mass is 31.0. The van der Waals surface area contributed by atoms with Gasteiger partial charge in [-0.2, -0.15) is 0 Å². The molecule has 2 heterocycles. The molecule has 17 nitrogen and oxygen atoms in total. The summed E-state index contributed by atoms with van der Waals surface area (Å²) in [6.07, 6.45) is -3.95. The van der Waals surface area contributed by atoms with Crippen LogP contribution in [-0.2, 0) is 38.1 Å². The molecule has 0 radical (unpaired) electrons. The summed E-state index contributed by atoms with van der Waals surface area (Å²) in [5, 5.41) is 64.9. The number of aliphatic hydroxyl groups excluding tert-OH is 5. The lowest BCUT2D eigenvalue weighted by molar-refractivity contribution is -0.270. The fourth-order valence-corrected chi connectivity index (χ4v) is 4.06. The summed E-state index contributed by atoms with van der Waals surface area (Å²) in [7, 11) is 1.93. The maximum Gasteiger partial charge on any atom is 0.335 e. The largest absolute Gasteiger partial charge is 0.479 e. The molecule has 4 aliphatic rings. The van der Waals surface area contributed by atoms with Gasteiger partial charge in [-0.25, -0.2) is 9.59 Å². The second kappa shape index (κ2) is 19.7. The fourth-order valence-electron chi connectivity index (χ4n) is 3.88. The lowest BCUT2D eigenvalue weighted by Crippen LogP contribution is -2.54. The second-order valence-corrected chi connectivity index (χ2v) is 10.9. The summed E-state index contributed by atoms with van der Waals surface area (Å²) < 4.78 is 25.8. The molecule has 2 saturated carbocycles. The van der Waals surface area contributed by atoms with Gasteiger partial charge in [-0.15, -0.1) is 0 Å². The van der Waals surface area contributed by atoms with Crippen molar-refractivity contribution in [1.29, 1.82) is 0 Å². The zero-order valence-electron chi connectivity index (χ0n) is 24.2. The van der Waals surface area contributed by atoms with Gasteiger partial charge in [-0.1, -0.05) is 35.4 Å². The predicted octanol–water partition coefficient (Wildman–Crippen LogP) is -2.73. The number of carbonyl (C=O) groups excluding carboxylic acids is 1. The van der Waals surface area contributed by atoms with Crippen LogP contribution in [0.25, 0.3) is 0 Å². The first kappa shape index (κ1) is 39.4. The predicted molar refractivity (Wildman–Crippen MR) is 149 cm³/mol. The number of hydrogen-bond acceptors (Lipinski definition) is 14. The first-order chi connectivity index (χ1) is 20.1. The molecule has 1 amide bonds. The summed E-state index contributed by atoms with van der Waals surface area (Å²) in [6.45, 7) is 3.17. The zero-order valence-corrected chi connectivity index (χ0v) is 25.4. The minimum Gasteiger partial charge on any atom is -0.479 e. The van der Waals surface area contributed by atoms with E-state index >= 15 is 0 Å². The minimum absolute atomic E-state index is 0.0475. The summed E-state index contributed by atoms with van der Waals surface area (Å²) >= 11 is 0. The molecule has 0 aromatic rings. The maximum absolute atomic E-state index is 11.0. The average molecular weight is 647 g/mol. The third-order valence-electron chi connectivity index (χ3n) is 6.36. The highest BCUT2D eigenvalue weighted by Gasteiger charge is 2.53. The third-order valence-corrected chi connectivity index (χ3v) is 6.52. The second-order valence-electron chi connectivity index (χ2n) is 10.4. The number of carboxylic acid groups (broad SMARTS) is 2. The van der Waals surface area contributed by atoms with Gasteiger partial charge in [-0.05, 0) is 0 Å². The first-order valence-electron chi connectivity index (χ1n) is 13.9. The van der Waals surface area contributed by atoms with Crippen LogP contribution in [0.15, 0.2) is 0 Å². The lowest BCUT2D eigenvalue weighted by Gasteiger charge is -2.37. The Balaban J connectivity index is 0.000000351. The number of primary amides is 1. The molecule has 2 saturated heterocycles. The summed E-state index contributed by atoms with van der Waals surface area (Å²) in [4.78, 5) is 31.2. The Morgan fingerprint density at radius 2 is 1.47 bits per heavy atom. The van der Waals surface area contributed by atoms with Crippen LogP contribution in [0.1, 0.15) is 46.0 Å². The molecule has 4 rings (SSSR count). The number of nitrogens with two attached hydrogens (primary N) is 2. The molecule has 2 aliphatic carbocycles. The monoisotopic (exact) mass is 646 g/mol. The van der Waals surface area contributed by atoms with Crippen LogP contribution in [0.3, 0.4) is 0 Å². The number of ether oxygens (including phenoxy) is 5. The van der Waals surface area contributed by atoms with Crippen LogP contribution in [0.2, 0.25) is 0 Å². The highest BCUT2D eigenvalue weighted by Crippen LogP contribution is 2.37. The number of aliphatic hydroxyl groups is 5. The van der Waals surface area contributed by atoms with E-state index in [9.17, 15) is 29.7 Å². The van der Waals surface area contributed by atoms with Gasteiger partial charge in [0.05, 0.1) is 37.6 Å². The van der Waals surface area contributed by atoms with E-state index in [1.807, 2.05) is 9.24 Å². The number of aliphatic carboxylic acids is 2. The normalized spacial score (nSPS) is 36.6. The SMILES string of the molecule is C1CC1.CC(N)=O.CC1C(O)CC(OC2C(O)C2CO)OC1C(=O)O.NCCOC1CC(O)C(OC(O)P)C(C(=O)O)O1. The van der Waals surface area contributed by atoms with Gasteiger partial charge in [-0.3, -0.25) is 4.79 Å². The summed E-state index contributed by atoms with van der Waals surface area (Å²) in [5.41, 5.74) is 9.72. The van der Waals surface area contributed by atoms with E-state index in [-0.39, 0.29) is 44.4 Å². The third kappa shape index (κ3) is 14.8. The van der Waals surface area contributed by atoms with Gasteiger partial charge in [0.1, 0.15) is 6.10 Å². The van der Waals surface area contributed by atoms with Gasteiger partial charge >= 0.3 is 11.9 Å². The summed E-state index contributed by atoms with van der Waals surface area (Å²) in [5.74, 6) is -3.65. The van der Waals surface area contributed by atoms with Crippen LogP contribution in [0, 0.1) is 11.8 Å². The molecular weight excluding hydrogens is 599 g/mol. The molecule has 43 heavy (non-hydrogen) atoms. The lowest BCUT2D eigenvalue weighted by atomic mass is 9.93. The van der Waals surface area contributed by atoms with E-state index in [2.05, 4.69) is 5.73 Å². The van der Waals surface area contributed by atoms with Crippen molar-refractivity contribution in [3.05, 3.63) is 0 Å². The Labute approximate surface area is 251 Å². The topological polar surface area (TPSA) is 291 Å². The van der Waals surface area contributed by atoms with Crippen LogP contribution in [-0.4, -0.2) is 135 Å². The van der Waals surface area contributed by atoms with Crippen molar-refractivity contribution >= 4 is 27.1 Å². The van der Waals surface area contributed by atoms with Gasteiger partial charge < -0.3 is 70.9 Å². The molecule has 18 heteroatoms. The molecule has 0 bridgehead atoms. The standard InChI is InChI=1S/C11H18O7.C9H18NO7P.C3H6.C2H5NO/c1-4-6(13)2-7(17-9(4)11(15)16)18-10-5(3-12)8(10)14;10-1-2-15-5-3-4(11)6(17-9(14)18)7(16-5)8(12)13;1-2-3-1;1-2(3)4/h4-10,12-14H,2-3H2,1H3,(H,15,16);4-7,9,11,14H,1-3,10,18H2,(H,12,13);1-3H2;1H3,(H2,3,4). The van der Waals surface area contributed by atoms with E-state index in [0.717, 1.165) is 0 Å². The number of carboxylic acids is 2. The Kier molecular flexibility index (Phi) is 18.1. The van der Waals surface area contributed by atoms with Crippen LogP contribution in [0.5, 0.6) is 0 Å². The Bertz CT molecular complexity index is 847. The van der Waals surface area contributed by atoms with Gasteiger partial charge in [0.2, 0.25) is 5.91 Å². The van der Waals surface area contributed by atoms with Gasteiger partial charge in [0.15, 0.2) is 30.8 Å². The van der Waals surface area contributed by atoms with E-state index in [4.69, 9.17) is 49.8 Å². The van der Waals surface area contributed by atoms with Crippen molar-refractivity contribution in [3.8, 4) is 0 Å². The fraction of sp³-hybridized carbons (Fsp3) is 0.880. The van der Waals surface area contributed by atoms with Crippen molar-refractivity contribution in [1.82, 2.24) is 0 Å². The molecule has 13 atom stereocenters. The number of hydrogen-bond donors (Lipinski definition) is 9. The van der Waals surface area contributed by atoms with Crippen LogP contribution >= 0.6 is 9.24 Å². The van der Waals surface area contributed by atoms with Crippen molar-refractivity contribution < 1.29 is 73.8 Å². The van der Waals surface area contributed by atoms with Crippen molar-refractivity contribution in [2.75, 3.05) is 19.8 Å². The number of rotatable bonds is 10. The Hall–Kier alpha value is -1.60. The van der Waals surface area contributed by atoms with E-state index < -0.39 is 79.2 Å². The molecular formula is C25H47N2O15P. The molecule has 0 aromatic carbocycles. The maximum atomic E-state index is 11.0.